The summed E-state index contributed by atoms with van der Waals surface area (Å²) in [4.78, 5) is 10.2. The molecule has 6 heteroatoms. The summed E-state index contributed by atoms with van der Waals surface area (Å²) in [6, 6.07) is 14.2. The van der Waals surface area contributed by atoms with Crippen molar-refractivity contribution in [3.8, 4) is 0 Å². The first kappa shape index (κ1) is 13.6. The molecule has 1 aromatic heterocycles. The summed E-state index contributed by atoms with van der Waals surface area (Å²) in [5, 5.41) is 12.3. The van der Waals surface area contributed by atoms with E-state index in [9.17, 15) is 4.79 Å². The summed E-state index contributed by atoms with van der Waals surface area (Å²) in [7, 11) is 0. The molecule has 0 aliphatic heterocycles. The van der Waals surface area contributed by atoms with E-state index in [1.54, 1.807) is 30.3 Å². The lowest BCUT2D eigenvalue weighted by molar-refractivity contribution is 0.0697. The van der Waals surface area contributed by atoms with Crippen LogP contribution in [0.3, 0.4) is 0 Å². The Hall–Kier alpha value is -1.79. The molecular weight excluding hydrogens is 328 g/mol. The molecule has 0 aliphatic rings. The van der Waals surface area contributed by atoms with Gasteiger partial charge in [0.2, 0.25) is 0 Å². The predicted octanol–water partition coefficient (Wildman–Crippen LogP) is 3.84. The lowest BCUT2D eigenvalue weighted by atomic mass is 10.2. The second-order valence-electron chi connectivity index (χ2n) is 3.53. The van der Waals surface area contributed by atoms with E-state index in [-0.39, 0.29) is 0 Å². The summed E-state index contributed by atoms with van der Waals surface area (Å²) in [6.45, 7) is 0. The zero-order valence-corrected chi connectivity index (χ0v) is 12.1. The van der Waals surface area contributed by atoms with Gasteiger partial charge in [0.15, 0.2) is 0 Å². The van der Waals surface area contributed by atoms with E-state index in [1.165, 1.54) is 11.5 Å². The third-order valence-electron chi connectivity index (χ3n) is 2.25. The number of carbonyl (C=O) groups is 1. The van der Waals surface area contributed by atoms with Gasteiger partial charge in [0.25, 0.3) is 0 Å². The van der Waals surface area contributed by atoms with Gasteiger partial charge in [-0.25, -0.2) is 4.79 Å². The summed E-state index contributed by atoms with van der Waals surface area (Å²) in [5.74, 6) is -0.879. The van der Waals surface area contributed by atoms with Crippen LogP contribution in [-0.4, -0.2) is 20.7 Å². The van der Waals surface area contributed by atoms with Gasteiger partial charge in [0, 0.05) is 4.47 Å². The second kappa shape index (κ2) is 6.40. The molecule has 3 rings (SSSR count). The lowest BCUT2D eigenvalue weighted by Gasteiger charge is -1.88. The molecule has 1 heterocycles. The first-order chi connectivity index (χ1) is 9.18. The minimum atomic E-state index is -0.879. The lowest BCUT2D eigenvalue weighted by Crippen LogP contribution is -1.93. The number of halogens is 1. The summed E-state index contributed by atoms with van der Waals surface area (Å²) in [5.41, 5.74) is 1.28. The number of hydrogen-bond acceptors (Lipinski definition) is 4. The third kappa shape index (κ3) is 3.59. The predicted molar refractivity (Wildman–Crippen MR) is 78.5 cm³/mol. The smallest absolute Gasteiger partial charge is 0.335 e. The Morgan fingerprint density at radius 3 is 2.42 bits per heavy atom. The van der Waals surface area contributed by atoms with Crippen molar-refractivity contribution in [2.45, 2.75) is 0 Å². The van der Waals surface area contributed by atoms with E-state index in [4.69, 9.17) is 5.11 Å². The number of aromatic nitrogens is 2. The van der Waals surface area contributed by atoms with E-state index < -0.39 is 5.97 Å². The first-order valence-electron chi connectivity index (χ1n) is 5.33. The van der Waals surface area contributed by atoms with Gasteiger partial charge in [0.05, 0.1) is 10.3 Å². The second-order valence-corrected chi connectivity index (χ2v) is 5.17. The van der Waals surface area contributed by atoms with E-state index in [1.807, 2.05) is 18.2 Å². The van der Waals surface area contributed by atoms with Gasteiger partial charge in [-0.05, 0) is 51.7 Å². The fraction of sp³-hybridized carbons (Fsp3) is 0. The Labute approximate surface area is 122 Å². The number of carboxylic acid groups (broad SMARTS) is 1. The monoisotopic (exact) mass is 336 g/mol. The Morgan fingerprint density at radius 2 is 1.84 bits per heavy atom. The Kier molecular flexibility index (Phi) is 4.59. The minimum Gasteiger partial charge on any atom is -0.478 e. The number of aromatic carboxylic acids is 1. The van der Waals surface area contributed by atoms with Crippen molar-refractivity contribution < 1.29 is 9.90 Å². The highest BCUT2D eigenvalue weighted by Gasteiger charge is 1.99. The van der Waals surface area contributed by atoms with Crippen molar-refractivity contribution in [1.82, 2.24) is 9.59 Å². The fourth-order valence-corrected chi connectivity index (χ4v) is 2.52. The molecule has 3 aromatic rings. The summed E-state index contributed by atoms with van der Waals surface area (Å²) >= 11 is 4.79. The molecule has 0 spiro atoms. The van der Waals surface area contributed by atoms with Crippen LogP contribution < -0.4 is 0 Å². The van der Waals surface area contributed by atoms with Gasteiger partial charge in [0.1, 0.15) is 5.52 Å². The largest absolute Gasteiger partial charge is 0.478 e. The Morgan fingerprint density at radius 1 is 1.11 bits per heavy atom. The van der Waals surface area contributed by atoms with Crippen LogP contribution in [0, 0.1) is 0 Å². The van der Waals surface area contributed by atoms with Crippen LogP contribution in [0.4, 0.5) is 0 Å². The van der Waals surface area contributed by atoms with Crippen molar-refractivity contribution in [1.29, 1.82) is 0 Å². The van der Waals surface area contributed by atoms with Crippen LogP contribution in [-0.2, 0) is 0 Å². The molecule has 96 valence electrons. The number of hydrogen-bond donors (Lipinski definition) is 1. The molecule has 2 aromatic carbocycles. The molecule has 0 bridgehead atoms. The van der Waals surface area contributed by atoms with Crippen LogP contribution in [0.15, 0.2) is 53.0 Å². The van der Waals surface area contributed by atoms with Gasteiger partial charge in [-0.15, -0.1) is 5.10 Å². The molecule has 1 N–H and O–H groups in total. The van der Waals surface area contributed by atoms with Gasteiger partial charge < -0.3 is 5.11 Å². The Bertz CT molecular complexity index is 685. The van der Waals surface area contributed by atoms with E-state index in [0.717, 1.165) is 14.7 Å². The van der Waals surface area contributed by atoms with Crippen molar-refractivity contribution in [2.75, 3.05) is 0 Å². The molecule has 0 aliphatic carbocycles. The standard InChI is InChI=1S/C7H6O2.C6H3BrN2S/c8-7(9)6-4-2-1-3-5-6;7-4-2-1-3-5-6(4)8-9-10-5/h1-5H,(H,8,9);1-3H. The molecule has 0 radical (unpaired) electrons. The number of rotatable bonds is 1. The highest BCUT2D eigenvalue weighted by molar-refractivity contribution is 9.10. The van der Waals surface area contributed by atoms with Crippen LogP contribution in [0.1, 0.15) is 10.4 Å². The van der Waals surface area contributed by atoms with Crippen LogP contribution in [0.2, 0.25) is 0 Å². The minimum absolute atomic E-state index is 0.331. The molecule has 0 amide bonds. The first-order valence-corrected chi connectivity index (χ1v) is 6.90. The highest BCUT2D eigenvalue weighted by Crippen LogP contribution is 2.23. The molecule has 0 saturated heterocycles. The topological polar surface area (TPSA) is 63.1 Å². The summed E-state index contributed by atoms with van der Waals surface area (Å²) < 4.78 is 5.96. The third-order valence-corrected chi connectivity index (χ3v) is 3.58. The van der Waals surface area contributed by atoms with Crippen molar-refractivity contribution in [2.24, 2.45) is 0 Å². The van der Waals surface area contributed by atoms with Crippen molar-refractivity contribution in [3.05, 3.63) is 58.6 Å². The van der Waals surface area contributed by atoms with E-state index in [0.29, 0.717) is 5.56 Å². The number of nitrogens with zero attached hydrogens (tertiary/aromatic N) is 2. The maximum absolute atomic E-state index is 10.2. The highest BCUT2D eigenvalue weighted by atomic mass is 79.9. The maximum Gasteiger partial charge on any atom is 0.335 e. The molecule has 19 heavy (non-hydrogen) atoms. The van der Waals surface area contributed by atoms with E-state index in [2.05, 4.69) is 25.5 Å². The van der Waals surface area contributed by atoms with Gasteiger partial charge >= 0.3 is 5.97 Å². The van der Waals surface area contributed by atoms with Gasteiger partial charge in [-0.1, -0.05) is 28.8 Å². The number of carboxylic acids is 1. The maximum atomic E-state index is 10.2. The zero-order valence-electron chi connectivity index (χ0n) is 9.65. The zero-order chi connectivity index (χ0) is 13.7. The van der Waals surface area contributed by atoms with Crippen molar-refractivity contribution >= 4 is 43.6 Å². The SMILES string of the molecule is Brc1cccc2snnc12.O=C(O)c1ccccc1. The van der Waals surface area contributed by atoms with Crippen LogP contribution in [0.25, 0.3) is 10.2 Å². The normalized spacial score (nSPS) is 9.74. The average molecular weight is 337 g/mol. The molecule has 4 nitrogen and oxygen atoms in total. The van der Waals surface area contributed by atoms with Crippen LogP contribution in [0.5, 0.6) is 0 Å². The Balaban J connectivity index is 0.000000141. The van der Waals surface area contributed by atoms with Gasteiger partial charge in [-0.3, -0.25) is 0 Å². The number of benzene rings is 2. The molecular formula is C13H9BrN2O2S. The summed E-state index contributed by atoms with van der Waals surface area (Å²) in [6.07, 6.45) is 0. The molecule has 0 unspecified atom stereocenters. The number of fused-ring (bicyclic) bond motifs is 1. The quantitative estimate of drug-likeness (QED) is 0.733. The van der Waals surface area contributed by atoms with Crippen LogP contribution >= 0.6 is 27.5 Å². The molecule has 0 fully saturated rings. The van der Waals surface area contributed by atoms with E-state index >= 15 is 0 Å². The molecule has 0 saturated carbocycles. The average Bonchev–Trinajstić information content (AvgIpc) is 2.90. The molecule has 0 atom stereocenters. The van der Waals surface area contributed by atoms with Gasteiger partial charge in [-0.2, -0.15) is 0 Å². The van der Waals surface area contributed by atoms with Crippen molar-refractivity contribution in [3.63, 3.8) is 0 Å². The fourth-order valence-electron chi connectivity index (χ4n) is 1.35.